The van der Waals surface area contributed by atoms with Gasteiger partial charge in [0.15, 0.2) is 0 Å². The molecule has 0 aliphatic carbocycles. The predicted molar refractivity (Wildman–Crippen MR) is 47.4 cm³/mol. The molecule has 1 atom stereocenters. The maximum absolute atomic E-state index is 10.7. The molecule has 0 aromatic rings. The van der Waals surface area contributed by atoms with E-state index in [-0.39, 0.29) is 5.91 Å². The topological polar surface area (TPSA) is 29.1 Å². The summed E-state index contributed by atoms with van der Waals surface area (Å²) in [4.78, 5) is 10.7. The third-order valence-electron chi connectivity index (χ3n) is 1.81. The first-order valence-electron chi connectivity index (χ1n) is 4.62. The summed E-state index contributed by atoms with van der Waals surface area (Å²) in [6, 6.07) is 0.464. The zero-order valence-electron chi connectivity index (χ0n) is 7.81. The van der Waals surface area contributed by atoms with Crippen molar-refractivity contribution in [1.29, 1.82) is 0 Å². The van der Waals surface area contributed by atoms with Crippen LogP contribution in [0, 0.1) is 0 Å². The molecule has 1 unspecified atom stereocenters. The number of amides is 1. The third-order valence-corrected chi connectivity index (χ3v) is 1.81. The molecule has 1 heterocycles. The van der Waals surface area contributed by atoms with Gasteiger partial charge in [0.25, 0.3) is 0 Å². The normalized spacial score (nSPS) is 23.2. The fraction of sp³-hybridized carbons (Fsp3) is 0.889. The highest BCUT2D eigenvalue weighted by atomic mass is 16.1. The van der Waals surface area contributed by atoms with E-state index in [4.69, 9.17) is 0 Å². The molecule has 1 aliphatic rings. The molecule has 1 N–H and O–H groups in total. The fourth-order valence-electron chi connectivity index (χ4n) is 1.19. The van der Waals surface area contributed by atoms with Gasteiger partial charge >= 0.3 is 0 Å². The Bertz CT molecular complexity index is 112. The molecule has 1 saturated heterocycles. The van der Waals surface area contributed by atoms with E-state index in [9.17, 15) is 4.79 Å². The fourth-order valence-corrected chi connectivity index (χ4v) is 1.19. The van der Waals surface area contributed by atoms with Crippen molar-refractivity contribution in [1.82, 2.24) is 5.32 Å². The van der Waals surface area contributed by atoms with Gasteiger partial charge in [0.2, 0.25) is 5.91 Å². The molecule has 1 rings (SSSR count). The van der Waals surface area contributed by atoms with Crippen LogP contribution in [0.4, 0.5) is 0 Å². The van der Waals surface area contributed by atoms with Crippen LogP contribution in [0.5, 0.6) is 0 Å². The lowest BCUT2D eigenvalue weighted by Gasteiger charge is -2.21. The molecule has 0 bridgehead atoms. The first kappa shape index (κ1) is 10.5. The highest BCUT2D eigenvalue weighted by Crippen LogP contribution is 2.09. The number of nitrogens with one attached hydrogen (secondary N) is 1. The minimum atomic E-state index is 0.230. The van der Waals surface area contributed by atoms with Crippen LogP contribution in [0.15, 0.2) is 0 Å². The molecular weight excluding hydrogens is 138 g/mol. The van der Waals surface area contributed by atoms with E-state index < -0.39 is 0 Å². The van der Waals surface area contributed by atoms with Crippen LogP contribution in [0.3, 0.4) is 0 Å². The number of carbonyl (C=O) groups is 1. The Balaban J connectivity index is 0.000000461. The molecule has 0 spiro atoms. The predicted octanol–water partition coefficient (Wildman–Crippen LogP) is 2.09. The maximum atomic E-state index is 10.7. The lowest BCUT2D eigenvalue weighted by molar-refractivity contribution is -0.123. The molecule has 11 heavy (non-hydrogen) atoms. The monoisotopic (exact) mass is 157 g/mol. The minimum Gasteiger partial charge on any atom is -0.353 e. The standard InChI is InChI=1S/C7H13NO.C2H6/c1-2-6-4-3-5-7(9)8-6;1-2/h6H,2-5H2,1H3,(H,8,9);1-2H3. The van der Waals surface area contributed by atoms with Crippen LogP contribution in [-0.4, -0.2) is 11.9 Å². The highest BCUT2D eigenvalue weighted by Gasteiger charge is 2.15. The number of hydrogen-bond donors (Lipinski definition) is 1. The van der Waals surface area contributed by atoms with E-state index in [1.807, 2.05) is 13.8 Å². The van der Waals surface area contributed by atoms with Gasteiger partial charge < -0.3 is 5.32 Å². The average molecular weight is 157 g/mol. The van der Waals surface area contributed by atoms with Gasteiger partial charge in [-0.2, -0.15) is 0 Å². The first-order valence-corrected chi connectivity index (χ1v) is 4.62. The smallest absolute Gasteiger partial charge is 0.220 e. The van der Waals surface area contributed by atoms with E-state index in [1.165, 1.54) is 6.42 Å². The van der Waals surface area contributed by atoms with Gasteiger partial charge in [-0.15, -0.1) is 0 Å². The van der Waals surface area contributed by atoms with Crippen molar-refractivity contribution in [2.24, 2.45) is 0 Å². The second-order valence-corrected chi connectivity index (χ2v) is 2.56. The molecule has 0 saturated carbocycles. The van der Waals surface area contributed by atoms with Gasteiger partial charge in [-0.25, -0.2) is 0 Å². The zero-order valence-corrected chi connectivity index (χ0v) is 7.81. The van der Waals surface area contributed by atoms with Crippen molar-refractivity contribution in [2.75, 3.05) is 0 Å². The maximum Gasteiger partial charge on any atom is 0.220 e. The number of rotatable bonds is 1. The lowest BCUT2D eigenvalue weighted by Crippen LogP contribution is -2.37. The Kier molecular flexibility index (Phi) is 5.90. The summed E-state index contributed by atoms with van der Waals surface area (Å²) in [6.45, 7) is 6.11. The largest absolute Gasteiger partial charge is 0.353 e. The second kappa shape index (κ2) is 6.20. The number of carbonyl (C=O) groups excluding carboxylic acids is 1. The summed E-state index contributed by atoms with van der Waals surface area (Å²) in [5.74, 6) is 0.230. The van der Waals surface area contributed by atoms with Crippen LogP contribution in [-0.2, 0) is 4.79 Å². The molecule has 0 radical (unpaired) electrons. The van der Waals surface area contributed by atoms with E-state index in [2.05, 4.69) is 12.2 Å². The summed E-state index contributed by atoms with van der Waals surface area (Å²) < 4.78 is 0. The summed E-state index contributed by atoms with van der Waals surface area (Å²) in [5.41, 5.74) is 0. The van der Waals surface area contributed by atoms with Gasteiger partial charge in [-0.3, -0.25) is 4.79 Å². The highest BCUT2D eigenvalue weighted by molar-refractivity contribution is 5.76. The Hall–Kier alpha value is -0.530. The molecule has 0 aromatic heterocycles. The van der Waals surface area contributed by atoms with E-state index in [0.717, 1.165) is 19.3 Å². The summed E-state index contributed by atoms with van der Waals surface area (Å²) >= 11 is 0. The Labute approximate surface area is 69.4 Å². The molecular formula is C9H19NO. The van der Waals surface area contributed by atoms with E-state index >= 15 is 0 Å². The minimum absolute atomic E-state index is 0.230. The van der Waals surface area contributed by atoms with E-state index in [0.29, 0.717) is 6.04 Å². The van der Waals surface area contributed by atoms with Crippen molar-refractivity contribution in [3.63, 3.8) is 0 Å². The van der Waals surface area contributed by atoms with Gasteiger partial charge in [0.1, 0.15) is 0 Å². The van der Waals surface area contributed by atoms with Crippen molar-refractivity contribution in [3.05, 3.63) is 0 Å². The first-order chi connectivity index (χ1) is 5.33. The second-order valence-electron chi connectivity index (χ2n) is 2.56. The summed E-state index contributed by atoms with van der Waals surface area (Å²) in [7, 11) is 0. The van der Waals surface area contributed by atoms with Gasteiger partial charge in [-0.1, -0.05) is 20.8 Å². The molecule has 1 fully saturated rings. The van der Waals surface area contributed by atoms with E-state index in [1.54, 1.807) is 0 Å². The zero-order chi connectivity index (χ0) is 8.69. The van der Waals surface area contributed by atoms with Gasteiger partial charge in [-0.05, 0) is 19.3 Å². The van der Waals surface area contributed by atoms with Gasteiger partial charge in [0, 0.05) is 12.5 Å². The number of hydrogen-bond acceptors (Lipinski definition) is 1. The van der Waals surface area contributed by atoms with Crippen molar-refractivity contribution in [2.45, 2.75) is 52.5 Å². The number of piperidine rings is 1. The van der Waals surface area contributed by atoms with Crippen LogP contribution >= 0.6 is 0 Å². The third kappa shape index (κ3) is 4.02. The Morgan fingerprint density at radius 1 is 1.55 bits per heavy atom. The van der Waals surface area contributed by atoms with Crippen molar-refractivity contribution >= 4 is 5.91 Å². The molecule has 1 amide bonds. The Morgan fingerprint density at radius 2 is 2.18 bits per heavy atom. The van der Waals surface area contributed by atoms with Crippen LogP contribution in [0.25, 0.3) is 0 Å². The van der Waals surface area contributed by atoms with Crippen LogP contribution in [0.2, 0.25) is 0 Å². The molecule has 0 aromatic carbocycles. The van der Waals surface area contributed by atoms with Crippen molar-refractivity contribution < 1.29 is 4.79 Å². The molecule has 2 heteroatoms. The van der Waals surface area contributed by atoms with Crippen LogP contribution in [0.1, 0.15) is 46.5 Å². The Morgan fingerprint density at radius 3 is 2.55 bits per heavy atom. The summed E-state index contributed by atoms with van der Waals surface area (Å²) in [6.07, 6.45) is 4.05. The molecule has 2 nitrogen and oxygen atoms in total. The van der Waals surface area contributed by atoms with Crippen LogP contribution < -0.4 is 5.32 Å². The molecule has 1 aliphatic heterocycles. The van der Waals surface area contributed by atoms with Gasteiger partial charge in [0.05, 0.1) is 0 Å². The summed E-state index contributed by atoms with van der Waals surface area (Å²) in [5, 5.41) is 2.93. The lowest BCUT2D eigenvalue weighted by atomic mass is 10.0. The average Bonchev–Trinajstić information content (AvgIpc) is 2.08. The SMILES string of the molecule is CC.CCC1CCCC(=O)N1. The van der Waals surface area contributed by atoms with Crippen molar-refractivity contribution in [3.8, 4) is 0 Å². The quantitative estimate of drug-likeness (QED) is 0.620. The molecule has 66 valence electrons.